The first kappa shape index (κ1) is 23.4. The molecular formula is C22H30O6. The van der Waals surface area contributed by atoms with E-state index in [0.29, 0.717) is 19.3 Å². The Morgan fingerprint density at radius 1 is 0.821 bits per heavy atom. The van der Waals surface area contributed by atoms with Gasteiger partial charge in [-0.15, -0.1) is 0 Å². The molecule has 0 aliphatic heterocycles. The van der Waals surface area contributed by atoms with Crippen LogP contribution in [0.25, 0.3) is 0 Å². The number of carboxylic acids is 3. The zero-order valence-electron chi connectivity index (χ0n) is 16.2. The van der Waals surface area contributed by atoms with Gasteiger partial charge in [-0.1, -0.05) is 56.0 Å². The van der Waals surface area contributed by atoms with Crippen LogP contribution in [0.5, 0.6) is 0 Å². The molecule has 6 heteroatoms. The van der Waals surface area contributed by atoms with Gasteiger partial charge in [0.05, 0.1) is 5.92 Å². The van der Waals surface area contributed by atoms with Gasteiger partial charge in [-0.3, -0.25) is 4.79 Å². The molecule has 6 nitrogen and oxygen atoms in total. The molecule has 0 bridgehead atoms. The van der Waals surface area contributed by atoms with E-state index >= 15 is 0 Å². The summed E-state index contributed by atoms with van der Waals surface area (Å²) in [7, 11) is 0. The number of carboxylic acid groups (broad SMARTS) is 3. The van der Waals surface area contributed by atoms with Crippen LogP contribution in [0.15, 0.2) is 42.0 Å². The Morgan fingerprint density at radius 3 is 2.04 bits per heavy atom. The minimum Gasteiger partial charge on any atom is -0.481 e. The van der Waals surface area contributed by atoms with Crippen molar-refractivity contribution in [3.63, 3.8) is 0 Å². The molecule has 0 amide bonds. The third kappa shape index (κ3) is 10.5. The molecule has 1 unspecified atom stereocenters. The van der Waals surface area contributed by atoms with Gasteiger partial charge in [-0.2, -0.15) is 0 Å². The summed E-state index contributed by atoms with van der Waals surface area (Å²) in [5.41, 5.74) is 1.14. The van der Waals surface area contributed by atoms with Crippen LogP contribution in [0.1, 0.15) is 63.4 Å². The highest BCUT2D eigenvalue weighted by Gasteiger charge is 2.16. The van der Waals surface area contributed by atoms with E-state index in [2.05, 4.69) is 12.1 Å². The minimum absolute atomic E-state index is 0.0862. The summed E-state index contributed by atoms with van der Waals surface area (Å²) in [6.45, 7) is 0. The van der Waals surface area contributed by atoms with Crippen molar-refractivity contribution in [1.29, 1.82) is 0 Å². The molecular weight excluding hydrogens is 360 g/mol. The van der Waals surface area contributed by atoms with Gasteiger partial charge in [0.1, 0.15) is 0 Å². The highest BCUT2D eigenvalue weighted by molar-refractivity contribution is 5.94. The lowest BCUT2D eigenvalue weighted by Gasteiger charge is -2.12. The van der Waals surface area contributed by atoms with Crippen molar-refractivity contribution in [3.05, 3.63) is 47.5 Å². The van der Waals surface area contributed by atoms with Crippen LogP contribution in [0.4, 0.5) is 0 Å². The predicted molar refractivity (Wildman–Crippen MR) is 106 cm³/mol. The standard InChI is InChI=1S/C22H30O6/c23-20(24)16-19(22(27)28)14-8-3-1-2-7-13-18(21(25)26)15-9-12-17-10-5-4-6-11-17/h4-6,10-11,16,18H,1-3,7-9,12-15H2,(H,23,24)(H,25,26)(H,27,28). The second-order valence-corrected chi connectivity index (χ2v) is 7.03. The Labute approximate surface area is 165 Å². The molecule has 154 valence electrons. The molecule has 0 fully saturated rings. The van der Waals surface area contributed by atoms with Crippen molar-refractivity contribution in [3.8, 4) is 0 Å². The van der Waals surface area contributed by atoms with Crippen molar-refractivity contribution >= 4 is 17.9 Å². The molecule has 0 aliphatic carbocycles. The normalized spacial score (nSPS) is 12.5. The average molecular weight is 390 g/mol. The molecule has 0 saturated heterocycles. The van der Waals surface area contributed by atoms with E-state index in [0.717, 1.165) is 44.6 Å². The van der Waals surface area contributed by atoms with E-state index < -0.39 is 17.9 Å². The lowest BCUT2D eigenvalue weighted by molar-refractivity contribution is -0.142. The highest BCUT2D eigenvalue weighted by Crippen LogP contribution is 2.19. The molecule has 1 aromatic rings. The van der Waals surface area contributed by atoms with Crippen molar-refractivity contribution in [2.45, 2.75) is 64.2 Å². The van der Waals surface area contributed by atoms with Crippen molar-refractivity contribution in [2.24, 2.45) is 5.92 Å². The first-order valence-electron chi connectivity index (χ1n) is 9.83. The summed E-state index contributed by atoms with van der Waals surface area (Å²) in [5.74, 6) is -3.50. The molecule has 0 aliphatic rings. The molecule has 0 aromatic heterocycles. The molecule has 3 N–H and O–H groups in total. The summed E-state index contributed by atoms with van der Waals surface area (Å²) in [4.78, 5) is 32.9. The largest absolute Gasteiger partial charge is 0.481 e. The quantitative estimate of drug-likeness (QED) is 0.299. The maximum absolute atomic E-state index is 11.4. The number of hydrogen-bond acceptors (Lipinski definition) is 3. The summed E-state index contributed by atoms with van der Waals surface area (Å²) in [6.07, 6.45) is 8.09. The van der Waals surface area contributed by atoms with Crippen molar-refractivity contribution in [1.82, 2.24) is 0 Å². The number of aryl methyl sites for hydroxylation is 1. The lowest BCUT2D eigenvalue weighted by atomic mass is 9.94. The molecule has 28 heavy (non-hydrogen) atoms. The van der Waals surface area contributed by atoms with E-state index in [1.165, 1.54) is 5.56 Å². The number of rotatable bonds is 15. The number of carbonyl (C=O) groups is 3. The lowest BCUT2D eigenvalue weighted by Crippen LogP contribution is -2.14. The highest BCUT2D eigenvalue weighted by atomic mass is 16.4. The van der Waals surface area contributed by atoms with E-state index in [1.807, 2.05) is 18.2 Å². The van der Waals surface area contributed by atoms with Crippen LogP contribution in [0, 0.1) is 5.92 Å². The molecule has 1 atom stereocenters. The third-order valence-corrected chi connectivity index (χ3v) is 4.78. The van der Waals surface area contributed by atoms with Crippen LogP contribution in [0.2, 0.25) is 0 Å². The van der Waals surface area contributed by atoms with Crippen LogP contribution in [-0.2, 0) is 20.8 Å². The second kappa shape index (κ2) is 13.5. The van der Waals surface area contributed by atoms with Gasteiger partial charge in [0.25, 0.3) is 0 Å². The molecule has 0 radical (unpaired) electrons. The maximum atomic E-state index is 11.4. The van der Waals surface area contributed by atoms with Gasteiger partial charge < -0.3 is 15.3 Å². The van der Waals surface area contributed by atoms with E-state index in [-0.39, 0.29) is 17.9 Å². The Balaban J connectivity index is 2.18. The van der Waals surface area contributed by atoms with E-state index in [1.54, 1.807) is 0 Å². The van der Waals surface area contributed by atoms with Gasteiger partial charge in [-0.25, -0.2) is 9.59 Å². The number of unbranched alkanes of at least 4 members (excludes halogenated alkanes) is 4. The van der Waals surface area contributed by atoms with Gasteiger partial charge in [-0.05, 0) is 44.1 Å². The first-order chi connectivity index (χ1) is 13.4. The van der Waals surface area contributed by atoms with Gasteiger partial charge in [0, 0.05) is 11.6 Å². The first-order valence-corrected chi connectivity index (χ1v) is 9.83. The molecule has 1 aromatic carbocycles. The topological polar surface area (TPSA) is 112 Å². The fourth-order valence-corrected chi connectivity index (χ4v) is 3.21. The van der Waals surface area contributed by atoms with Crippen LogP contribution in [-0.4, -0.2) is 33.2 Å². The van der Waals surface area contributed by atoms with Gasteiger partial charge in [0.15, 0.2) is 0 Å². The van der Waals surface area contributed by atoms with Crippen molar-refractivity contribution < 1.29 is 29.7 Å². The summed E-state index contributed by atoms with van der Waals surface area (Å²) >= 11 is 0. The Kier molecular flexibility index (Phi) is 11.3. The number of hydrogen-bond donors (Lipinski definition) is 3. The van der Waals surface area contributed by atoms with E-state index in [9.17, 15) is 19.5 Å². The maximum Gasteiger partial charge on any atom is 0.331 e. The molecule has 1 rings (SSSR count). The van der Waals surface area contributed by atoms with Crippen LogP contribution >= 0.6 is 0 Å². The fourth-order valence-electron chi connectivity index (χ4n) is 3.21. The predicted octanol–water partition coefficient (Wildman–Crippen LogP) is 4.54. The van der Waals surface area contributed by atoms with E-state index in [4.69, 9.17) is 10.2 Å². The summed E-state index contributed by atoms with van der Waals surface area (Å²) in [5, 5.41) is 27.0. The monoisotopic (exact) mass is 390 g/mol. The average Bonchev–Trinajstić information content (AvgIpc) is 2.65. The Bertz CT molecular complexity index is 650. The van der Waals surface area contributed by atoms with Crippen LogP contribution in [0.3, 0.4) is 0 Å². The molecule has 0 saturated carbocycles. The number of aliphatic carboxylic acids is 3. The summed E-state index contributed by atoms with van der Waals surface area (Å²) < 4.78 is 0. The zero-order chi connectivity index (χ0) is 20.8. The minimum atomic E-state index is -1.25. The smallest absolute Gasteiger partial charge is 0.331 e. The molecule has 0 heterocycles. The number of benzene rings is 1. The van der Waals surface area contributed by atoms with Crippen molar-refractivity contribution in [2.75, 3.05) is 0 Å². The zero-order valence-corrected chi connectivity index (χ0v) is 16.2. The Morgan fingerprint density at radius 2 is 1.43 bits per heavy atom. The van der Waals surface area contributed by atoms with Crippen LogP contribution < -0.4 is 0 Å². The van der Waals surface area contributed by atoms with Gasteiger partial charge >= 0.3 is 17.9 Å². The Hall–Kier alpha value is -2.63. The second-order valence-electron chi connectivity index (χ2n) is 7.03. The SMILES string of the molecule is O=C(O)C=C(CCCCCCCC(CCCc1ccccc1)C(=O)O)C(=O)O. The summed E-state index contributed by atoms with van der Waals surface area (Å²) in [6, 6.07) is 10.0. The van der Waals surface area contributed by atoms with Gasteiger partial charge in [0.2, 0.25) is 0 Å². The third-order valence-electron chi connectivity index (χ3n) is 4.78. The molecule has 0 spiro atoms. The fraction of sp³-hybridized carbons (Fsp3) is 0.500.